The van der Waals surface area contributed by atoms with Gasteiger partial charge in [-0.1, -0.05) is 51.7 Å². The van der Waals surface area contributed by atoms with Gasteiger partial charge < -0.3 is 5.73 Å². The van der Waals surface area contributed by atoms with Gasteiger partial charge in [-0.2, -0.15) is 0 Å². The number of anilines is 1. The second kappa shape index (κ2) is 8.34. The molecule has 1 heteroatoms. The average molecular weight is 207 g/mol. The summed E-state index contributed by atoms with van der Waals surface area (Å²) in [5.74, 6) is 0. The lowest BCUT2D eigenvalue weighted by Crippen LogP contribution is -1.90. The van der Waals surface area contributed by atoms with E-state index in [9.17, 15) is 0 Å². The first-order valence-electron chi connectivity index (χ1n) is 5.95. The minimum Gasteiger partial charge on any atom is -0.399 e. The topological polar surface area (TPSA) is 26.0 Å². The van der Waals surface area contributed by atoms with Crippen molar-refractivity contribution in [3.63, 3.8) is 0 Å². The number of rotatable bonds is 3. The van der Waals surface area contributed by atoms with Gasteiger partial charge in [-0.25, -0.2) is 0 Å². The summed E-state index contributed by atoms with van der Waals surface area (Å²) >= 11 is 0. The Hall–Kier alpha value is -0.980. The minimum atomic E-state index is 0.884. The van der Waals surface area contributed by atoms with Crippen LogP contribution in [0.4, 0.5) is 5.69 Å². The van der Waals surface area contributed by atoms with E-state index in [1.165, 1.54) is 36.8 Å². The number of hydrogen-bond acceptors (Lipinski definition) is 1. The van der Waals surface area contributed by atoms with Gasteiger partial charge in [-0.3, -0.25) is 0 Å². The Balaban J connectivity index is 0.000000288. The molecule has 0 heterocycles. The molecule has 0 fully saturated rings. The van der Waals surface area contributed by atoms with Crippen LogP contribution < -0.4 is 5.73 Å². The van der Waals surface area contributed by atoms with Crippen LogP contribution in [-0.4, -0.2) is 0 Å². The molecule has 1 nitrogen and oxygen atoms in total. The van der Waals surface area contributed by atoms with Crippen LogP contribution >= 0.6 is 0 Å². The van der Waals surface area contributed by atoms with Gasteiger partial charge in [0.05, 0.1) is 0 Å². The van der Waals surface area contributed by atoms with Crippen molar-refractivity contribution in [2.45, 2.75) is 53.4 Å². The lowest BCUT2D eigenvalue weighted by atomic mass is 10.1. The van der Waals surface area contributed by atoms with E-state index in [1.807, 2.05) is 19.1 Å². The zero-order valence-electron chi connectivity index (χ0n) is 10.6. The zero-order chi connectivity index (χ0) is 11.7. The molecule has 0 radical (unpaired) electrons. The zero-order valence-corrected chi connectivity index (χ0v) is 10.6. The Labute approximate surface area is 94.7 Å². The van der Waals surface area contributed by atoms with Crippen LogP contribution in [0.25, 0.3) is 0 Å². The summed E-state index contributed by atoms with van der Waals surface area (Å²) in [5, 5.41) is 0. The van der Waals surface area contributed by atoms with Crippen LogP contribution in [0.2, 0.25) is 0 Å². The smallest absolute Gasteiger partial charge is 0.0346 e. The predicted molar refractivity (Wildman–Crippen MR) is 70.1 cm³/mol. The first-order valence-corrected chi connectivity index (χ1v) is 5.95. The Kier molecular flexibility index (Phi) is 7.79. The second-order valence-electron chi connectivity index (χ2n) is 4.00. The third-order valence-electron chi connectivity index (χ3n) is 2.60. The molecular formula is C14H25N. The fourth-order valence-corrected chi connectivity index (χ4v) is 1.27. The van der Waals surface area contributed by atoms with Crippen molar-refractivity contribution in [2.24, 2.45) is 0 Å². The van der Waals surface area contributed by atoms with Gasteiger partial charge >= 0.3 is 0 Å². The maximum Gasteiger partial charge on any atom is 0.0346 e. The van der Waals surface area contributed by atoms with Crippen LogP contribution in [0.3, 0.4) is 0 Å². The summed E-state index contributed by atoms with van der Waals surface area (Å²) in [7, 11) is 0. The molecule has 0 aliphatic rings. The maximum atomic E-state index is 5.62. The quantitative estimate of drug-likeness (QED) is 0.574. The van der Waals surface area contributed by atoms with E-state index < -0.39 is 0 Å². The first kappa shape index (κ1) is 14.0. The summed E-state index contributed by atoms with van der Waals surface area (Å²) in [6.07, 6.45) is 5.54. The molecule has 1 rings (SSSR count). The summed E-state index contributed by atoms with van der Waals surface area (Å²) in [5.41, 5.74) is 8.96. The monoisotopic (exact) mass is 207 g/mol. The number of nitrogens with two attached hydrogens (primary N) is 1. The van der Waals surface area contributed by atoms with Crippen molar-refractivity contribution in [3.05, 3.63) is 29.3 Å². The molecule has 0 aromatic heterocycles. The Morgan fingerprint density at radius 2 is 1.53 bits per heavy atom. The van der Waals surface area contributed by atoms with Gasteiger partial charge in [0.25, 0.3) is 0 Å². The summed E-state index contributed by atoms with van der Waals surface area (Å²) in [4.78, 5) is 0. The lowest BCUT2D eigenvalue weighted by Gasteiger charge is -2.00. The highest BCUT2D eigenvalue weighted by molar-refractivity contribution is 5.49. The van der Waals surface area contributed by atoms with E-state index in [-0.39, 0.29) is 0 Å². The summed E-state index contributed by atoms with van der Waals surface area (Å²) in [6, 6.07) is 5.95. The molecule has 15 heavy (non-hydrogen) atoms. The highest BCUT2D eigenvalue weighted by Crippen LogP contribution is 2.13. The second-order valence-corrected chi connectivity index (χ2v) is 4.00. The normalized spacial score (nSPS) is 9.33. The highest BCUT2D eigenvalue weighted by Gasteiger charge is 1.92. The molecule has 2 N–H and O–H groups in total. The van der Waals surface area contributed by atoms with E-state index in [0.717, 1.165) is 5.69 Å². The molecule has 0 saturated carbocycles. The molecule has 1 aromatic rings. The average Bonchev–Trinajstić information content (AvgIpc) is 2.24. The molecule has 0 atom stereocenters. The molecule has 0 spiro atoms. The molecule has 0 amide bonds. The molecular weight excluding hydrogens is 182 g/mol. The van der Waals surface area contributed by atoms with E-state index in [2.05, 4.69) is 26.8 Å². The van der Waals surface area contributed by atoms with E-state index in [0.29, 0.717) is 0 Å². The molecule has 0 aliphatic heterocycles. The van der Waals surface area contributed by atoms with Crippen molar-refractivity contribution in [1.82, 2.24) is 0 Å². The SMILES string of the molecule is CCCCCC.Cc1cccc(N)c1C. The minimum absolute atomic E-state index is 0.884. The molecule has 86 valence electrons. The Morgan fingerprint density at radius 1 is 1.00 bits per heavy atom. The fourth-order valence-electron chi connectivity index (χ4n) is 1.27. The van der Waals surface area contributed by atoms with E-state index in [1.54, 1.807) is 0 Å². The van der Waals surface area contributed by atoms with Crippen LogP contribution in [0.1, 0.15) is 50.7 Å². The van der Waals surface area contributed by atoms with Gasteiger partial charge in [0.2, 0.25) is 0 Å². The van der Waals surface area contributed by atoms with Crippen LogP contribution in [0.15, 0.2) is 18.2 Å². The van der Waals surface area contributed by atoms with Crippen LogP contribution in [0, 0.1) is 13.8 Å². The third-order valence-corrected chi connectivity index (χ3v) is 2.60. The molecule has 0 aliphatic carbocycles. The first-order chi connectivity index (χ1) is 7.13. The van der Waals surface area contributed by atoms with E-state index >= 15 is 0 Å². The third kappa shape index (κ3) is 6.16. The molecule has 1 aromatic carbocycles. The largest absolute Gasteiger partial charge is 0.399 e. The van der Waals surface area contributed by atoms with Crippen molar-refractivity contribution in [1.29, 1.82) is 0 Å². The van der Waals surface area contributed by atoms with Gasteiger partial charge in [0.15, 0.2) is 0 Å². The highest BCUT2D eigenvalue weighted by atomic mass is 14.5. The number of benzene rings is 1. The Morgan fingerprint density at radius 3 is 1.87 bits per heavy atom. The molecule has 0 bridgehead atoms. The van der Waals surface area contributed by atoms with E-state index in [4.69, 9.17) is 5.73 Å². The van der Waals surface area contributed by atoms with Gasteiger partial charge in [-0.15, -0.1) is 0 Å². The Bertz CT molecular complexity index is 242. The van der Waals surface area contributed by atoms with Crippen molar-refractivity contribution < 1.29 is 0 Å². The van der Waals surface area contributed by atoms with Crippen molar-refractivity contribution in [2.75, 3.05) is 5.73 Å². The van der Waals surface area contributed by atoms with Gasteiger partial charge in [-0.05, 0) is 31.0 Å². The van der Waals surface area contributed by atoms with Gasteiger partial charge in [0, 0.05) is 5.69 Å². The fraction of sp³-hybridized carbons (Fsp3) is 0.571. The maximum absolute atomic E-state index is 5.62. The van der Waals surface area contributed by atoms with Gasteiger partial charge in [0.1, 0.15) is 0 Å². The number of aryl methyl sites for hydroxylation is 1. The van der Waals surface area contributed by atoms with Crippen molar-refractivity contribution in [3.8, 4) is 0 Å². The summed E-state index contributed by atoms with van der Waals surface area (Å²) in [6.45, 7) is 8.56. The standard InChI is InChI=1S/C8H11N.C6H14/c1-6-4-3-5-8(9)7(6)2;1-3-5-6-4-2/h3-5H,9H2,1-2H3;3-6H2,1-2H3. The summed E-state index contributed by atoms with van der Waals surface area (Å²) < 4.78 is 0. The number of nitrogen functional groups attached to an aromatic ring is 1. The van der Waals surface area contributed by atoms with Crippen molar-refractivity contribution >= 4 is 5.69 Å². The molecule has 0 saturated heterocycles. The predicted octanol–water partition coefficient (Wildman–Crippen LogP) is 4.47. The van der Waals surface area contributed by atoms with Crippen LogP contribution in [0.5, 0.6) is 0 Å². The lowest BCUT2D eigenvalue weighted by molar-refractivity contribution is 0.702. The molecule has 0 unspecified atom stereocenters. The van der Waals surface area contributed by atoms with Crippen LogP contribution in [-0.2, 0) is 0 Å². The number of unbranched alkanes of at least 4 members (excludes halogenated alkanes) is 3. The number of hydrogen-bond donors (Lipinski definition) is 1.